The quantitative estimate of drug-likeness (QED) is 0.430. The molecule has 0 fully saturated rings. The maximum Gasteiger partial charge on any atom is 0.252 e. The second-order valence-corrected chi connectivity index (χ2v) is 2.64. The average molecular weight is 167 g/mol. The Morgan fingerprint density at radius 3 is 3.09 bits per heavy atom. The highest BCUT2D eigenvalue weighted by molar-refractivity contribution is 6.68. The van der Waals surface area contributed by atoms with Crippen molar-refractivity contribution in [2.45, 2.75) is 13.3 Å². The van der Waals surface area contributed by atoms with E-state index in [4.69, 9.17) is 11.6 Å². The molecule has 0 saturated heterocycles. The van der Waals surface area contributed by atoms with E-state index in [0.717, 1.165) is 5.57 Å². The molecule has 11 heavy (non-hydrogen) atoms. The smallest absolute Gasteiger partial charge is 0.252 e. The fraction of sp³-hybridized carbons (Fsp3) is 0.222. The Hall–Kier alpha value is -1.00. The van der Waals surface area contributed by atoms with Crippen molar-refractivity contribution in [3.63, 3.8) is 0 Å². The van der Waals surface area contributed by atoms with Gasteiger partial charge in [0.15, 0.2) is 0 Å². The van der Waals surface area contributed by atoms with Gasteiger partial charge in [-0.25, -0.2) is 0 Å². The highest BCUT2D eigenvalue weighted by Gasteiger charge is 2.06. The average Bonchev–Trinajstić information content (AvgIpc) is 2.13. The van der Waals surface area contributed by atoms with Gasteiger partial charge in [0.25, 0.3) is 5.24 Å². The van der Waals surface area contributed by atoms with Gasteiger partial charge in [0.05, 0.1) is 0 Å². The number of rotatable bonds is 1. The first-order valence-corrected chi connectivity index (χ1v) is 3.64. The summed E-state index contributed by atoms with van der Waals surface area (Å²) in [6.45, 7) is 1.86. The van der Waals surface area contributed by atoms with Crippen LogP contribution < -0.4 is 0 Å². The van der Waals surface area contributed by atoms with E-state index in [1.807, 2.05) is 6.92 Å². The molecule has 0 amide bonds. The van der Waals surface area contributed by atoms with Crippen LogP contribution in [0.1, 0.15) is 13.3 Å². The van der Waals surface area contributed by atoms with Crippen LogP contribution in [0.2, 0.25) is 0 Å². The Balaban J connectivity index is 3.01. The summed E-state index contributed by atoms with van der Waals surface area (Å²) in [5.74, 6) is 5.66. The molecule has 56 valence electrons. The number of halogens is 1. The van der Waals surface area contributed by atoms with Crippen molar-refractivity contribution in [1.82, 2.24) is 0 Å². The van der Waals surface area contributed by atoms with Gasteiger partial charge in [0.1, 0.15) is 0 Å². The minimum atomic E-state index is -0.413. The van der Waals surface area contributed by atoms with E-state index in [0.29, 0.717) is 12.0 Å². The molecule has 0 aromatic carbocycles. The number of carbonyl (C=O) groups excluding carboxylic acids is 1. The highest BCUT2D eigenvalue weighted by atomic mass is 35.5. The second kappa shape index (κ2) is 3.41. The predicted octanol–water partition coefficient (Wildman–Crippen LogP) is 2.03. The monoisotopic (exact) mass is 166 g/mol. The third-order valence-electron chi connectivity index (χ3n) is 1.46. The zero-order valence-electron chi connectivity index (χ0n) is 6.15. The van der Waals surface area contributed by atoms with Gasteiger partial charge < -0.3 is 0 Å². The molecule has 0 N–H and O–H groups in total. The van der Waals surface area contributed by atoms with E-state index < -0.39 is 5.24 Å². The van der Waals surface area contributed by atoms with Crippen molar-refractivity contribution in [2.24, 2.45) is 0 Å². The first-order chi connectivity index (χ1) is 5.22. The van der Waals surface area contributed by atoms with Gasteiger partial charge in [-0.3, -0.25) is 4.79 Å². The van der Waals surface area contributed by atoms with Gasteiger partial charge in [-0.2, -0.15) is 0 Å². The van der Waals surface area contributed by atoms with Crippen LogP contribution in [0.25, 0.3) is 0 Å². The fourth-order valence-corrected chi connectivity index (χ4v) is 1.06. The third kappa shape index (κ3) is 1.96. The summed E-state index contributed by atoms with van der Waals surface area (Å²) < 4.78 is 0. The maximum atomic E-state index is 10.8. The lowest BCUT2D eigenvalue weighted by Crippen LogP contribution is -1.93. The molecule has 0 bridgehead atoms. The molecule has 0 aromatic heterocycles. The molecule has 1 aliphatic carbocycles. The number of allylic oxidation sites excluding steroid dienone is 4. The molecule has 0 aliphatic heterocycles. The lowest BCUT2D eigenvalue weighted by molar-refractivity contribution is -0.108. The first kappa shape index (κ1) is 8.10. The lowest BCUT2D eigenvalue weighted by atomic mass is 10.1. The van der Waals surface area contributed by atoms with Crippen LogP contribution in [0.3, 0.4) is 0 Å². The molecular formula is C9H7ClO. The maximum absolute atomic E-state index is 10.8. The minimum Gasteiger partial charge on any atom is -0.276 e. The molecule has 0 heterocycles. The summed E-state index contributed by atoms with van der Waals surface area (Å²) >= 11 is 5.32. The molecule has 1 aliphatic rings. The van der Waals surface area contributed by atoms with Crippen LogP contribution in [-0.4, -0.2) is 5.24 Å². The fourth-order valence-electron chi connectivity index (χ4n) is 0.838. The minimum absolute atomic E-state index is 0.413. The van der Waals surface area contributed by atoms with Gasteiger partial charge in [-0.05, 0) is 36.2 Å². The van der Waals surface area contributed by atoms with E-state index in [1.165, 1.54) is 0 Å². The zero-order valence-corrected chi connectivity index (χ0v) is 6.90. The van der Waals surface area contributed by atoms with Crippen molar-refractivity contribution < 1.29 is 4.79 Å². The van der Waals surface area contributed by atoms with Gasteiger partial charge in [-0.15, -0.1) is 0 Å². The van der Waals surface area contributed by atoms with Crippen molar-refractivity contribution >= 4 is 16.8 Å². The number of hydrogen-bond acceptors (Lipinski definition) is 1. The molecule has 0 atom stereocenters. The van der Waals surface area contributed by atoms with Crippen molar-refractivity contribution in [1.29, 1.82) is 0 Å². The molecule has 2 heteroatoms. The van der Waals surface area contributed by atoms with E-state index in [1.54, 1.807) is 12.2 Å². The molecule has 1 nitrogen and oxygen atoms in total. The van der Waals surface area contributed by atoms with Crippen molar-refractivity contribution in [2.75, 3.05) is 0 Å². The second-order valence-electron chi connectivity index (χ2n) is 2.30. The van der Waals surface area contributed by atoms with E-state index in [-0.39, 0.29) is 0 Å². The van der Waals surface area contributed by atoms with E-state index in [9.17, 15) is 4.79 Å². The van der Waals surface area contributed by atoms with Crippen LogP contribution in [-0.2, 0) is 4.79 Å². The molecular weight excluding hydrogens is 160 g/mol. The summed E-state index contributed by atoms with van der Waals surface area (Å²) in [5.41, 5.74) is 1.50. The number of carbonyl (C=O) groups is 1. The number of hydrogen-bond donors (Lipinski definition) is 0. The van der Waals surface area contributed by atoms with Gasteiger partial charge >= 0.3 is 0 Å². The highest BCUT2D eigenvalue weighted by Crippen LogP contribution is 2.13. The van der Waals surface area contributed by atoms with E-state index >= 15 is 0 Å². The van der Waals surface area contributed by atoms with Crippen LogP contribution >= 0.6 is 11.6 Å². The molecule has 0 radical (unpaired) electrons. The standard InChI is InChI=1S/C9H7ClO/c1-7-5-3-2-4-6-8(7)9(10)11/h4,6H,5H2,1H3. The first-order valence-electron chi connectivity index (χ1n) is 3.26. The van der Waals surface area contributed by atoms with Crippen LogP contribution in [0.5, 0.6) is 0 Å². The predicted molar refractivity (Wildman–Crippen MR) is 45.1 cm³/mol. The largest absolute Gasteiger partial charge is 0.276 e. The van der Waals surface area contributed by atoms with Crippen LogP contribution in [0, 0.1) is 11.8 Å². The summed E-state index contributed by atoms with van der Waals surface area (Å²) in [4.78, 5) is 10.8. The van der Waals surface area contributed by atoms with Gasteiger partial charge in [0.2, 0.25) is 0 Å². The van der Waals surface area contributed by atoms with Crippen molar-refractivity contribution in [3.8, 4) is 11.8 Å². The summed E-state index contributed by atoms with van der Waals surface area (Å²) in [6, 6.07) is 0. The summed E-state index contributed by atoms with van der Waals surface area (Å²) in [5, 5.41) is -0.413. The Kier molecular flexibility index (Phi) is 2.51. The third-order valence-corrected chi connectivity index (χ3v) is 1.66. The normalized spacial score (nSPS) is 15.5. The molecule has 0 saturated carbocycles. The van der Waals surface area contributed by atoms with Crippen molar-refractivity contribution in [3.05, 3.63) is 23.3 Å². The van der Waals surface area contributed by atoms with Crippen LogP contribution in [0.4, 0.5) is 0 Å². The van der Waals surface area contributed by atoms with Crippen LogP contribution in [0.15, 0.2) is 23.3 Å². The Morgan fingerprint density at radius 2 is 2.45 bits per heavy atom. The molecule has 1 rings (SSSR count). The molecule has 0 unspecified atom stereocenters. The van der Waals surface area contributed by atoms with Gasteiger partial charge in [-0.1, -0.05) is 11.8 Å². The zero-order chi connectivity index (χ0) is 8.27. The lowest BCUT2D eigenvalue weighted by Gasteiger charge is -1.97. The summed E-state index contributed by atoms with van der Waals surface area (Å²) in [6.07, 6.45) is 3.93. The molecule has 0 aromatic rings. The SMILES string of the molecule is CC1=C(C(=O)Cl)C=CC#CC1. The molecule has 0 spiro atoms. The Bertz CT molecular complexity index is 299. The Morgan fingerprint density at radius 1 is 1.73 bits per heavy atom. The van der Waals surface area contributed by atoms with Gasteiger partial charge in [0, 0.05) is 12.0 Å². The Labute approximate surface area is 70.7 Å². The van der Waals surface area contributed by atoms with E-state index in [2.05, 4.69) is 11.8 Å². The topological polar surface area (TPSA) is 17.1 Å². The summed E-state index contributed by atoms with van der Waals surface area (Å²) in [7, 11) is 0.